The molecule has 0 bridgehead atoms. The number of ether oxygens (including phenoxy) is 1. The Morgan fingerprint density at radius 2 is 1.90 bits per heavy atom. The van der Waals surface area contributed by atoms with Crippen molar-refractivity contribution < 1.29 is 4.74 Å². The summed E-state index contributed by atoms with van der Waals surface area (Å²) in [6, 6.07) is 7.29. The third-order valence-corrected chi connectivity index (χ3v) is 5.61. The summed E-state index contributed by atoms with van der Waals surface area (Å²) in [7, 11) is 1.82. The molecule has 1 N–H and O–H groups in total. The number of fused-ring (bicyclic) bond motifs is 1. The Morgan fingerprint density at radius 3 is 2.62 bits per heavy atom. The normalized spacial score (nSPS) is 28.2. The molecular weight excluding hydrogens is 258 g/mol. The molecule has 0 radical (unpaired) electrons. The molecule has 1 aromatic carbocycles. The highest BCUT2D eigenvalue weighted by Crippen LogP contribution is 2.46. The molecule has 0 amide bonds. The first-order valence-electron chi connectivity index (χ1n) is 8.74. The first kappa shape index (κ1) is 13.6. The molecule has 0 saturated heterocycles. The van der Waals surface area contributed by atoms with E-state index in [1.54, 1.807) is 0 Å². The summed E-state index contributed by atoms with van der Waals surface area (Å²) in [5.41, 5.74) is 3.05. The van der Waals surface area contributed by atoms with Gasteiger partial charge in [-0.2, -0.15) is 0 Å². The molecule has 0 heterocycles. The van der Waals surface area contributed by atoms with Crippen LogP contribution in [0.1, 0.15) is 55.6 Å². The Hall–Kier alpha value is -1.02. The Bertz CT molecular complexity index is 490. The molecule has 2 atom stereocenters. The van der Waals surface area contributed by atoms with Crippen LogP contribution in [0, 0.1) is 11.8 Å². The third-order valence-electron chi connectivity index (χ3n) is 5.61. The molecule has 0 aromatic heterocycles. The van der Waals surface area contributed by atoms with Gasteiger partial charge in [0.1, 0.15) is 5.75 Å². The van der Waals surface area contributed by atoms with Gasteiger partial charge in [0.2, 0.25) is 0 Å². The van der Waals surface area contributed by atoms with Gasteiger partial charge in [0.05, 0.1) is 7.11 Å². The van der Waals surface area contributed by atoms with Crippen LogP contribution in [-0.2, 0) is 6.42 Å². The summed E-state index contributed by atoms with van der Waals surface area (Å²) >= 11 is 0. The lowest BCUT2D eigenvalue weighted by molar-refractivity contribution is 0.337. The quantitative estimate of drug-likeness (QED) is 0.856. The van der Waals surface area contributed by atoms with Gasteiger partial charge in [0, 0.05) is 17.5 Å². The maximum absolute atomic E-state index is 5.70. The van der Waals surface area contributed by atoms with E-state index in [-0.39, 0.29) is 0 Å². The highest BCUT2D eigenvalue weighted by molar-refractivity contribution is 5.45. The van der Waals surface area contributed by atoms with E-state index in [9.17, 15) is 0 Å². The van der Waals surface area contributed by atoms with Gasteiger partial charge in [0.15, 0.2) is 0 Å². The van der Waals surface area contributed by atoms with E-state index >= 15 is 0 Å². The highest BCUT2D eigenvalue weighted by Gasteiger charge is 2.36. The van der Waals surface area contributed by atoms with E-state index < -0.39 is 0 Å². The van der Waals surface area contributed by atoms with Crippen molar-refractivity contribution in [3.05, 3.63) is 29.3 Å². The topological polar surface area (TPSA) is 21.3 Å². The number of rotatable bonds is 6. The van der Waals surface area contributed by atoms with Crippen LogP contribution >= 0.6 is 0 Å². The lowest BCUT2D eigenvalue weighted by Gasteiger charge is -2.35. The van der Waals surface area contributed by atoms with Gasteiger partial charge in [0.25, 0.3) is 0 Å². The zero-order chi connectivity index (χ0) is 14.2. The number of methoxy groups -OCH3 is 1. The van der Waals surface area contributed by atoms with Gasteiger partial charge in [-0.1, -0.05) is 25.0 Å². The maximum Gasteiger partial charge on any atom is 0.122 e. The second-order valence-corrected chi connectivity index (χ2v) is 7.32. The van der Waals surface area contributed by atoms with Crippen molar-refractivity contribution in [3.8, 4) is 5.75 Å². The summed E-state index contributed by atoms with van der Waals surface area (Å²) in [5, 5.41) is 3.90. The molecular formula is C19H27NO. The van der Waals surface area contributed by atoms with Crippen LogP contribution in [0.4, 0.5) is 0 Å². The zero-order valence-electron chi connectivity index (χ0n) is 13.1. The smallest absolute Gasteiger partial charge is 0.122 e. The van der Waals surface area contributed by atoms with Gasteiger partial charge in [-0.05, 0) is 62.1 Å². The predicted molar refractivity (Wildman–Crippen MR) is 85.9 cm³/mol. The summed E-state index contributed by atoms with van der Waals surface area (Å²) in [5.74, 6) is 3.72. The van der Waals surface area contributed by atoms with Crippen molar-refractivity contribution >= 4 is 0 Å². The van der Waals surface area contributed by atoms with Crippen molar-refractivity contribution in [2.75, 3.05) is 13.7 Å². The minimum absolute atomic E-state index is 0.662. The van der Waals surface area contributed by atoms with E-state index in [1.807, 2.05) is 7.11 Å². The minimum atomic E-state index is 0.662. The zero-order valence-corrected chi connectivity index (χ0v) is 13.1. The number of nitrogens with one attached hydrogen (secondary N) is 1. The average Bonchev–Trinajstić information content (AvgIpc) is 3.40. The van der Waals surface area contributed by atoms with Crippen LogP contribution < -0.4 is 10.1 Å². The number of aryl methyl sites for hydroxylation is 1. The van der Waals surface area contributed by atoms with Gasteiger partial charge in [-0.25, -0.2) is 0 Å². The SMILES string of the molecule is COc1cccc2c1[C@H](CC1CC1)[C@@H](NCC1CC1)CC2. The second-order valence-electron chi connectivity index (χ2n) is 7.32. The fraction of sp³-hybridized carbons (Fsp3) is 0.684. The fourth-order valence-corrected chi connectivity index (χ4v) is 4.00. The standard InChI is InChI=1S/C19H27NO/c1-21-18-4-2-3-15-9-10-17(20-12-14-7-8-14)16(19(15)18)11-13-5-6-13/h2-4,13-14,16-17,20H,5-12H2,1H3/t16-,17+/m1/s1. The van der Waals surface area contributed by atoms with Crippen LogP contribution in [-0.4, -0.2) is 19.7 Å². The van der Waals surface area contributed by atoms with Crippen molar-refractivity contribution in [3.63, 3.8) is 0 Å². The fourth-order valence-electron chi connectivity index (χ4n) is 4.00. The minimum Gasteiger partial charge on any atom is -0.496 e. The van der Waals surface area contributed by atoms with Gasteiger partial charge >= 0.3 is 0 Å². The van der Waals surface area contributed by atoms with Gasteiger partial charge in [-0.15, -0.1) is 0 Å². The monoisotopic (exact) mass is 285 g/mol. The molecule has 3 aliphatic rings. The molecule has 114 valence electrons. The van der Waals surface area contributed by atoms with Crippen LogP contribution in [0.3, 0.4) is 0 Å². The largest absolute Gasteiger partial charge is 0.496 e. The van der Waals surface area contributed by atoms with Crippen LogP contribution in [0.15, 0.2) is 18.2 Å². The molecule has 1 aromatic rings. The van der Waals surface area contributed by atoms with Crippen molar-refractivity contribution in [1.29, 1.82) is 0 Å². The van der Waals surface area contributed by atoms with E-state index in [2.05, 4.69) is 23.5 Å². The lowest BCUT2D eigenvalue weighted by Crippen LogP contribution is -2.39. The lowest BCUT2D eigenvalue weighted by atomic mass is 9.76. The molecule has 2 heteroatoms. The van der Waals surface area contributed by atoms with Crippen molar-refractivity contribution in [2.45, 2.75) is 56.9 Å². The van der Waals surface area contributed by atoms with Gasteiger partial charge < -0.3 is 10.1 Å². The van der Waals surface area contributed by atoms with E-state index in [1.165, 1.54) is 62.6 Å². The molecule has 3 aliphatic carbocycles. The summed E-state index contributed by atoms with van der Waals surface area (Å²) in [4.78, 5) is 0. The molecule has 21 heavy (non-hydrogen) atoms. The Kier molecular flexibility index (Phi) is 3.66. The Morgan fingerprint density at radius 1 is 1.10 bits per heavy atom. The maximum atomic E-state index is 5.70. The number of benzene rings is 1. The molecule has 4 rings (SSSR count). The first-order valence-corrected chi connectivity index (χ1v) is 8.74. The molecule has 2 fully saturated rings. The van der Waals surface area contributed by atoms with E-state index in [0.29, 0.717) is 12.0 Å². The van der Waals surface area contributed by atoms with E-state index in [0.717, 1.165) is 17.6 Å². The molecule has 2 nitrogen and oxygen atoms in total. The second kappa shape index (κ2) is 5.64. The summed E-state index contributed by atoms with van der Waals surface area (Å²) in [6.07, 6.45) is 9.61. The molecule has 2 saturated carbocycles. The average molecular weight is 285 g/mol. The Balaban J connectivity index is 1.59. The predicted octanol–water partition coefficient (Wildman–Crippen LogP) is 3.89. The highest BCUT2D eigenvalue weighted by atomic mass is 16.5. The number of hydrogen-bond acceptors (Lipinski definition) is 2. The van der Waals surface area contributed by atoms with Crippen molar-refractivity contribution in [2.24, 2.45) is 11.8 Å². The third kappa shape index (κ3) is 2.96. The molecule has 0 unspecified atom stereocenters. The van der Waals surface area contributed by atoms with Crippen molar-refractivity contribution in [1.82, 2.24) is 5.32 Å². The number of hydrogen-bond donors (Lipinski definition) is 1. The first-order chi connectivity index (χ1) is 10.3. The van der Waals surface area contributed by atoms with Gasteiger partial charge in [-0.3, -0.25) is 0 Å². The van der Waals surface area contributed by atoms with E-state index in [4.69, 9.17) is 4.74 Å². The van der Waals surface area contributed by atoms with Crippen LogP contribution in [0.5, 0.6) is 5.75 Å². The molecule has 0 aliphatic heterocycles. The van der Waals surface area contributed by atoms with Crippen LogP contribution in [0.25, 0.3) is 0 Å². The van der Waals surface area contributed by atoms with Crippen LogP contribution in [0.2, 0.25) is 0 Å². The Labute approximate surface area is 128 Å². The summed E-state index contributed by atoms with van der Waals surface area (Å²) in [6.45, 7) is 1.23. The summed E-state index contributed by atoms with van der Waals surface area (Å²) < 4.78 is 5.70. The molecule has 0 spiro atoms.